The third-order valence-electron chi connectivity index (χ3n) is 7.59. The second kappa shape index (κ2) is 16.0. The number of hydrogen-bond acceptors (Lipinski definition) is 9. The van der Waals surface area contributed by atoms with E-state index in [9.17, 15) is 27.6 Å². The first-order valence-electron chi connectivity index (χ1n) is 16.1. The zero-order chi connectivity index (χ0) is 35.8. The number of carbonyl (C=O) groups is 3. The molecular weight excluding hydrogens is 668 g/mol. The summed E-state index contributed by atoms with van der Waals surface area (Å²) in [6.07, 6.45) is 2.04. The number of unbranched alkanes of at least 4 members (excludes halogenated alkanes) is 5. The Kier molecular flexibility index (Phi) is 12.2. The molecule has 1 N–H and O–H groups in total. The Bertz CT molecular complexity index is 1610. The molecule has 4 rings (SSSR count). The predicted octanol–water partition coefficient (Wildman–Crippen LogP) is 9.10. The van der Waals surface area contributed by atoms with E-state index in [1.807, 2.05) is 0 Å². The molecule has 0 bridgehead atoms. The van der Waals surface area contributed by atoms with Crippen LogP contribution >= 0.6 is 11.3 Å². The SMILES string of the molecule is CCCCCCCCc1ccc(N(C(=O)OCOC(=O)C2(NC(=O)OC(C)(C)C)CC2)c2nc(-c3cccnc3)c(F)s2)cc1C(F)(F)F. The fourth-order valence-electron chi connectivity index (χ4n) is 4.98. The van der Waals surface area contributed by atoms with Crippen molar-refractivity contribution >= 4 is 40.3 Å². The molecule has 0 unspecified atom stereocenters. The summed E-state index contributed by atoms with van der Waals surface area (Å²) in [5.74, 6) is -0.893. The van der Waals surface area contributed by atoms with Gasteiger partial charge < -0.3 is 19.5 Å². The number of amides is 2. The zero-order valence-electron chi connectivity index (χ0n) is 27.8. The standard InChI is InChI=1S/C34H40F4N4O6S/c1-5-6-7-8-9-10-12-22-14-15-24(19-25(22)34(36,37)38)42(29-40-26(27(35)49-29)23-13-11-18-39-20-23)31(45)47-21-46-28(43)33(16-17-33)41-30(44)48-32(2,3)4/h11,13-15,18-20H,5-10,12,16-17,21H2,1-4H3,(H,41,44). The second-order valence-electron chi connectivity index (χ2n) is 12.7. The van der Waals surface area contributed by atoms with Crippen molar-refractivity contribution < 1.29 is 46.2 Å². The first-order valence-corrected chi connectivity index (χ1v) is 16.9. The van der Waals surface area contributed by atoms with Crippen molar-refractivity contribution in [1.82, 2.24) is 15.3 Å². The molecule has 0 atom stereocenters. The molecular formula is C34H40F4N4O6S. The molecule has 1 fully saturated rings. The van der Waals surface area contributed by atoms with Crippen molar-refractivity contribution in [2.75, 3.05) is 11.7 Å². The molecule has 1 aromatic carbocycles. The molecule has 2 amide bonds. The fraction of sp³-hybridized carbons (Fsp3) is 0.500. The summed E-state index contributed by atoms with van der Waals surface area (Å²) in [5.41, 5.74) is -3.24. The van der Waals surface area contributed by atoms with Gasteiger partial charge in [0.1, 0.15) is 16.8 Å². The Morgan fingerprint density at radius 1 is 1.02 bits per heavy atom. The number of hydrogen-bond donors (Lipinski definition) is 1. The van der Waals surface area contributed by atoms with Gasteiger partial charge in [0.05, 0.1) is 11.3 Å². The van der Waals surface area contributed by atoms with Gasteiger partial charge in [-0.15, -0.1) is 0 Å². The zero-order valence-corrected chi connectivity index (χ0v) is 28.6. The number of aryl methyl sites for hydroxylation is 1. The van der Waals surface area contributed by atoms with Gasteiger partial charge in [-0.2, -0.15) is 17.6 Å². The van der Waals surface area contributed by atoms with E-state index in [0.29, 0.717) is 22.7 Å². The molecule has 15 heteroatoms. The number of thiazole rings is 1. The van der Waals surface area contributed by atoms with Crippen molar-refractivity contribution in [3.8, 4) is 11.3 Å². The van der Waals surface area contributed by atoms with Crippen molar-refractivity contribution in [3.63, 3.8) is 0 Å². The highest BCUT2D eigenvalue weighted by Gasteiger charge is 2.53. The number of benzene rings is 1. The van der Waals surface area contributed by atoms with Crippen LogP contribution in [-0.4, -0.2) is 46.1 Å². The van der Waals surface area contributed by atoms with Crippen LogP contribution in [0.2, 0.25) is 0 Å². The minimum atomic E-state index is -4.76. The molecule has 266 valence electrons. The van der Waals surface area contributed by atoms with Crippen LogP contribution in [0.5, 0.6) is 0 Å². The van der Waals surface area contributed by atoms with Crippen molar-refractivity contribution in [3.05, 3.63) is 59.0 Å². The highest BCUT2D eigenvalue weighted by Crippen LogP contribution is 2.40. The number of aromatic nitrogens is 2. The monoisotopic (exact) mass is 708 g/mol. The van der Waals surface area contributed by atoms with Gasteiger partial charge in [-0.3, -0.25) is 4.98 Å². The van der Waals surface area contributed by atoms with E-state index in [-0.39, 0.29) is 46.9 Å². The molecule has 1 aliphatic carbocycles. The lowest BCUT2D eigenvalue weighted by atomic mass is 9.99. The molecule has 10 nitrogen and oxygen atoms in total. The molecule has 2 aromatic heterocycles. The molecule has 1 saturated carbocycles. The lowest BCUT2D eigenvalue weighted by Crippen LogP contribution is -2.46. The van der Waals surface area contributed by atoms with E-state index in [4.69, 9.17) is 14.2 Å². The fourth-order valence-corrected chi connectivity index (χ4v) is 5.81. The number of ether oxygens (including phenoxy) is 3. The first kappa shape index (κ1) is 37.5. The van der Waals surface area contributed by atoms with Crippen molar-refractivity contribution in [1.29, 1.82) is 0 Å². The van der Waals surface area contributed by atoms with Crippen LogP contribution < -0.4 is 10.2 Å². The number of rotatable bonds is 14. The summed E-state index contributed by atoms with van der Waals surface area (Å²) < 4.78 is 73.7. The summed E-state index contributed by atoms with van der Waals surface area (Å²) in [7, 11) is 0. The maximum atomic E-state index is 15.2. The Morgan fingerprint density at radius 2 is 1.73 bits per heavy atom. The van der Waals surface area contributed by atoms with Gasteiger partial charge in [0.25, 0.3) is 0 Å². The summed E-state index contributed by atoms with van der Waals surface area (Å²) in [5, 5.41) is 1.33. The molecule has 1 aliphatic rings. The van der Waals surface area contributed by atoms with E-state index < -0.39 is 53.0 Å². The Labute approximate surface area is 286 Å². The predicted molar refractivity (Wildman–Crippen MR) is 175 cm³/mol. The van der Waals surface area contributed by atoms with Crippen LogP contribution in [0.1, 0.15) is 90.2 Å². The van der Waals surface area contributed by atoms with Gasteiger partial charge in [0, 0.05) is 18.0 Å². The van der Waals surface area contributed by atoms with Crippen LogP contribution in [0.4, 0.5) is 38.0 Å². The normalized spacial score (nSPS) is 13.8. The lowest BCUT2D eigenvalue weighted by Gasteiger charge is -2.23. The van der Waals surface area contributed by atoms with Gasteiger partial charge in [0.2, 0.25) is 17.1 Å². The summed E-state index contributed by atoms with van der Waals surface area (Å²) in [4.78, 5) is 47.3. The summed E-state index contributed by atoms with van der Waals surface area (Å²) >= 11 is 0.416. The summed E-state index contributed by atoms with van der Waals surface area (Å²) in [6.45, 7) is 6.11. The molecule has 49 heavy (non-hydrogen) atoms. The van der Waals surface area contributed by atoms with E-state index in [1.54, 1.807) is 26.8 Å². The smallest absolute Gasteiger partial charge is 0.423 e. The van der Waals surface area contributed by atoms with Gasteiger partial charge in [-0.1, -0.05) is 56.4 Å². The van der Waals surface area contributed by atoms with E-state index in [0.717, 1.165) is 38.2 Å². The number of carbonyl (C=O) groups excluding carboxylic acids is 3. The van der Waals surface area contributed by atoms with E-state index >= 15 is 4.39 Å². The van der Waals surface area contributed by atoms with Crippen molar-refractivity contribution in [2.24, 2.45) is 0 Å². The molecule has 0 saturated heterocycles. The Hall–Kier alpha value is -4.27. The summed E-state index contributed by atoms with van der Waals surface area (Å²) in [6, 6.07) is 6.48. The van der Waals surface area contributed by atoms with Crippen LogP contribution in [0.25, 0.3) is 11.3 Å². The molecule has 0 aliphatic heterocycles. The molecule has 0 spiro atoms. The van der Waals surface area contributed by atoms with Crippen molar-refractivity contribution in [2.45, 2.75) is 103 Å². The van der Waals surface area contributed by atoms with Gasteiger partial charge >= 0.3 is 24.3 Å². The Morgan fingerprint density at radius 3 is 2.37 bits per heavy atom. The van der Waals surface area contributed by atoms with Gasteiger partial charge in [-0.05, 0) is 76.3 Å². The number of alkyl carbamates (subject to hydrolysis) is 1. The van der Waals surface area contributed by atoms with E-state index in [1.165, 1.54) is 30.6 Å². The molecule has 2 heterocycles. The number of alkyl halides is 3. The number of nitrogens with one attached hydrogen (secondary N) is 1. The second-order valence-corrected chi connectivity index (χ2v) is 13.6. The van der Waals surface area contributed by atoms with Crippen LogP contribution in [-0.2, 0) is 31.6 Å². The van der Waals surface area contributed by atoms with Gasteiger partial charge in [0.15, 0.2) is 0 Å². The third kappa shape index (κ3) is 10.4. The highest BCUT2D eigenvalue weighted by atomic mass is 32.1. The average molecular weight is 709 g/mol. The van der Waals surface area contributed by atoms with Crippen LogP contribution in [0.15, 0.2) is 42.7 Å². The minimum Gasteiger partial charge on any atom is -0.444 e. The highest BCUT2D eigenvalue weighted by molar-refractivity contribution is 7.14. The Balaban J connectivity index is 1.56. The average Bonchev–Trinajstić information content (AvgIpc) is 3.71. The van der Waals surface area contributed by atoms with Crippen LogP contribution in [0, 0.1) is 5.13 Å². The third-order valence-corrected chi connectivity index (χ3v) is 8.42. The van der Waals surface area contributed by atoms with E-state index in [2.05, 4.69) is 22.2 Å². The number of anilines is 2. The largest absolute Gasteiger partial charge is 0.444 e. The topological polar surface area (TPSA) is 120 Å². The maximum absolute atomic E-state index is 15.2. The molecule has 3 aromatic rings. The lowest BCUT2D eigenvalue weighted by molar-refractivity contribution is -0.155. The number of halogens is 4. The number of esters is 1. The quantitative estimate of drug-likeness (QED) is 0.0762. The maximum Gasteiger partial charge on any atom is 0.423 e. The molecule has 0 radical (unpaired) electrons. The van der Waals surface area contributed by atoms with Crippen LogP contribution in [0.3, 0.4) is 0 Å². The first-order chi connectivity index (χ1) is 23.1. The minimum absolute atomic E-state index is 0.0579. The number of nitrogens with zero attached hydrogens (tertiary/aromatic N) is 3. The number of pyridine rings is 1. The van der Waals surface area contributed by atoms with Gasteiger partial charge in [-0.25, -0.2) is 24.3 Å².